The van der Waals surface area contributed by atoms with Crippen LogP contribution in [0.4, 0.5) is 5.69 Å². The van der Waals surface area contributed by atoms with Crippen molar-refractivity contribution in [2.45, 2.75) is 53.0 Å². The second-order valence-electron chi connectivity index (χ2n) is 5.14. The highest BCUT2D eigenvalue weighted by atomic mass is 16.1. The molecule has 1 atom stereocenters. The van der Waals surface area contributed by atoms with Crippen LogP contribution in [0.3, 0.4) is 0 Å². The van der Waals surface area contributed by atoms with E-state index in [1.54, 1.807) is 0 Å². The van der Waals surface area contributed by atoms with Crippen molar-refractivity contribution in [2.24, 2.45) is 0 Å². The minimum atomic E-state index is 0.0169. The zero-order chi connectivity index (χ0) is 14.3. The Morgan fingerprint density at radius 3 is 2.63 bits per heavy atom. The highest BCUT2D eigenvalue weighted by Crippen LogP contribution is 2.18. The smallest absolute Gasteiger partial charge is 0.253 e. The second-order valence-corrected chi connectivity index (χ2v) is 5.14. The van der Waals surface area contributed by atoms with Crippen LogP contribution in [0, 0.1) is 6.92 Å². The van der Waals surface area contributed by atoms with E-state index in [4.69, 9.17) is 0 Å². The van der Waals surface area contributed by atoms with Gasteiger partial charge < -0.3 is 10.6 Å². The van der Waals surface area contributed by atoms with Crippen LogP contribution in [-0.2, 0) is 0 Å². The predicted octanol–water partition coefficient (Wildman–Crippen LogP) is 3.74. The van der Waals surface area contributed by atoms with E-state index in [0.29, 0.717) is 0 Å². The van der Waals surface area contributed by atoms with Gasteiger partial charge in [0, 0.05) is 18.3 Å². The summed E-state index contributed by atoms with van der Waals surface area (Å²) < 4.78 is 0. The highest BCUT2D eigenvalue weighted by molar-refractivity contribution is 6.00. The molecule has 0 spiro atoms. The lowest BCUT2D eigenvalue weighted by Gasteiger charge is -2.16. The molecular formula is C16H26N2O. The number of aryl methyl sites for hydroxylation is 1. The summed E-state index contributed by atoms with van der Waals surface area (Å²) in [5.74, 6) is 0.0169. The van der Waals surface area contributed by atoms with E-state index in [1.165, 1.54) is 0 Å². The van der Waals surface area contributed by atoms with Crippen LogP contribution in [0.5, 0.6) is 0 Å². The molecule has 1 aromatic carbocycles. The number of rotatable bonds is 7. The SMILES string of the molecule is CCCNc1ccc(C)cc1C(=O)NC(C)CCC. The molecule has 3 nitrogen and oxygen atoms in total. The lowest BCUT2D eigenvalue weighted by Crippen LogP contribution is -2.33. The molecule has 1 amide bonds. The molecule has 0 fully saturated rings. The third kappa shape index (κ3) is 4.93. The van der Waals surface area contributed by atoms with Gasteiger partial charge in [0.05, 0.1) is 5.56 Å². The zero-order valence-electron chi connectivity index (χ0n) is 12.5. The minimum Gasteiger partial charge on any atom is -0.384 e. The summed E-state index contributed by atoms with van der Waals surface area (Å²) in [7, 11) is 0. The van der Waals surface area contributed by atoms with Gasteiger partial charge in [0.2, 0.25) is 0 Å². The number of nitrogens with one attached hydrogen (secondary N) is 2. The summed E-state index contributed by atoms with van der Waals surface area (Å²) in [6.07, 6.45) is 3.13. The largest absolute Gasteiger partial charge is 0.384 e. The Morgan fingerprint density at radius 2 is 2.00 bits per heavy atom. The maximum absolute atomic E-state index is 12.3. The predicted molar refractivity (Wildman–Crippen MR) is 81.8 cm³/mol. The van der Waals surface area contributed by atoms with Crippen molar-refractivity contribution in [1.29, 1.82) is 0 Å². The minimum absolute atomic E-state index is 0.0169. The second kappa shape index (κ2) is 7.82. The summed E-state index contributed by atoms with van der Waals surface area (Å²) in [4.78, 5) is 12.3. The molecule has 106 valence electrons. The van der Waals surface area contributed by atoms with Crippen molar-refractivity contribution in [3.8, 4) is 0 Å². The Hall–Kier alpha value is -1.51. The molecule has 0 bridgehead atoms. The molecule has 0 aliphatic carbocycles. The molecule has 0 heterocycles. The van der Waals surface area contributed by atoms with Crippen LogP contribution < -0.4 is 10.6 Å². The van der Waals surface area contributed by atoms with Gasteiger partial charge in [-0.1, -0.05) is 31.9 Å². The maximum atomic E-state index is 12.3. The van der Waals surface area contributed by atoms with E-state index in [-0.39, 0.29) is 11.9 Å². The molecule has 1 aromatic rings. The Bertz CT molecular complexity index is 415. The first-order chi connectivity index (χ1) is 9.08. The molecule has 2 N–H and O–H groups in total. The average molecular weight is 262 g/mol. The van der Waals surface area contributed by atoms with Crippen LogP contribution in [0.15, 0.2) is 18.2 Å². The van der Waals surface area contributed by atoms with Gasteiger partial charge >= 0.3 is 0 Å². The standard InChI is InChI=1S/C16H26N2O/c1-5-7-13(4)18-16(19)14-11-12(3)8-9-15(14)17-10-6-2/h8-9,11,13,17H,5-7,10H2,1-4H3,(H,18,19). The highest BCUT2D eigenvalue weighted by Gasteiger charge is 2.13. The summed E-state index contributed by atoms with van der Waals surface area (Å²) in [6, 6.07) is 6.19. The van der Waals surface area contributed by atoms with Crippen molar-refractivity contribution in [3.05, 3.63) is 29.3 Å². The van der Waals surface area contributed by atoms with Gasteiger partial charge in [-0.3, -0.25) is 4.79 Å². The molecule has 0 radical (unpaired) electrons. The van der Waals surface area contributed by atoms with Gasteiger partial charge in [-0.15, -0.1) is 0 Å². The van der Waals surface area contributed by atoms with E-state index >= 15 is 0 Å². The molecule has 1 unspecified atom stereocenters. The summed E-state index contributed by atoms with van der Waals surface area (Å²) >= 11 is 0. The fourth-order valence-corrected chi connectivity index (χ4v) is 2.07. The number of hydrogen-bond donors (Lipinski definition) is 2. The Morgan fingerprint density at radius 1 is 1.26 bits per heavy atom. The maximum Gasteiger partial charge on any atom is 0.253 e. The van der Waals surface area contributed by atoms with Crippen LogP contribution in [0.25, 0.3) is 0 Å². The lowest BCUT2D eigenvalue weighted by molar-refractivity contribution is 0.0939. The molecule has 0 aromatic heterocycles. The Labute approximate surface area is 116 Å². The number of amides is 1. The first kappa shape index (κ1) is 15.5. The van der Waals surface area contributed by atoms with E-state index in [0.717, 1.165) is 42.6 Å². The first-order valence-electron chi connectivity index (χ1n) is 7.23. The van der Waals surface area contributed by atoms with Gasteiger partial charge in [-0.2, -0.15) is 0 Å². The molecule has 0 aliphatic heterocycles. The average Bonchev–Trinajstić information content (AvgIpc) is 2.37. The summed E-state index contributed by atoms with van der Waals surface area (Å²) in [6.45, 7) is 9.19. The van der Waals surface area contributed by atoms with Crippen LogP contribution in [-0.4, -0.2) is 18.5 Å². The van der Waals surface area contributed by atoms with Crippen LogP contribution in [0.1, 0.15) is 56.0 Å². The third-order valence-electron chi connectivity index (χ3n) is 3.08. The lowest BCUT2D eigenvalue weighted by atomic mass is 10.1. The topological polar surface area (TPSA) is 41.1 Å². The number of hydrogen-bond acceptors (Lipinski definition) is 2. The molecular weight excluding hydrogens is 236 g/mol. The molecule has 3 heteroatoms. The summed E-state index contributed by atoms with van der Waals surface area (Å²) in [5.41, 5.74) is 2.78. The van der Waals surface area contributed by atoms with Crippen molar-refractivity contribution in [3.63, 3.8) is 0 Å². The van der Waals surface area contributed by atoms with E-state index < -0.39 is 0 Å². The van der Waals surface area contributed by atoms with Crippen molar-refractivity contribution >= 4 is 11.6 Å². The quantitative estimate of drug-likeness (QED) is 0.786. The summed E-state index contributed by atoms with van der Waals surface area (Å²) in [5, 5.41) is 6.38. The van der Waals surface area contributed by atoms with Crippen molar-refractivity contribution in [2.75, 3.05) is 11.9 Å². The molecule has 1 rings (SSSR count). The van der Waals surface area contributed by atoms with Gasteiger partial charge in [-0.05, 0) is 38.8 Å². The van der Waals surface area contributed by atoms with E-state index in [2.05, 4.69) is 31.4 Å². The van der Waals surface area contributed by atoms with E-state index in [9.17, 15) is 4.79 Å². The van der Waals surface area contributed by atoms with Gasteiger partial charge in [0.1, 0.15) is 0 Å². The van der Waals surface area contributed by atoms with Crippen LogP contribution >= 0.6 is 0 Å². The number of carbonyl (C=O) groups is 1. The Kier molecular flexibility index (Phi) is 6.40. The Balaban J connectivity index is 2.84. The number of anilines is 1. The van der Waals surface area contributed by atoms with Gasteiger partial charge in [-0.25, -0.2) is 0 Å². The van der Waals surface area contributed by atoms with Crippen molar-refractivity contribution in [1.82, 2.24) is 5.32 Å². The monoisotopic (exact) mass is 262 g/mol. The zero-order valence-corrected chi connectivity index (χ0v) is 12.5. The van der Waals surface area contributed by atoms with Gasteiger partial charge in [0.25, 0.3) is 5.91 Å². The van der Waals surface area contributed by atoms with Gasteiger partial charge in [0.15, 0.2) is 0 Å². The first-order valence-corrected chi connectivity index (χ1v) is 7.23. The molecule has 0 aliphatic rings. The van der Waals surface area contributed by atoms with E-state index in [1.807, 2.05) is 25.1 Å². The van der Waals surface area contributed by atoms with Crippen LogP contribution in [0.2, 0.25) is 0 Å². The molecule has 0 saturated heterocycles. The normalized spacial score (nSPS) is 12.0. The molecule has 0 saturated carbocycles. The molecule has 19 heavy (non-hydrogen) atoms. The fraction of sp³-hybridized carbons (Fsp3) is 0.562. The number of carbonyl (C=O) groups excluding carboxylic acids is 1. The van der Waals surface area contributed by atoms with Crippen molar-refractivity contribution < 1.29 is 4.79 Å². The third-order valence-corrected chi connectivity index (χ3v) is 3.08. The number of benzene rings is 1. The fourth-order valence-electron chi connectivity index (χ4n) is 2.07.